The van der Waals surface area contributed by atoms with Gasteiger partial charge in [0.15, 0.2) is 11.8 Å². The van der Waals surface area contributed by atoms with Crippen molar-refractivity contribution < 1.29 is 19.3 Å². The molecule has 1 aromatic carbocycles. The Labute approximate surface area is 183 Å². The highest BCUT2D eigenvalue weighted by Crippen LogP contribution is 2.32. The van der Waals surface area contributed by atoms with E-state index < -0.39 is 6.10 Å². The number of aromatic nitrogens is 3. The van der Waals surface area contributed by atoms with Gasteiger partial charge in [0.2, 0.25) is 0 Å². The smallest absolute Gasteiger partial charge is 0.296 e. The van der Waals surface area contributed by atoms with Gasteiger partial charge in [0.1, 0.15) is 18.3 Å². The summed E-state index contributed by atoms with van der Waals surface area (Å²) in [5, 5.41) is 10.4. The maximum absolute atomic E-state index is 9.87. The molecule has 160 valence electrons. The van der Waals surface area contributed by atoms with E-state index >= 15 is 0 Å². The maximum atomic E-state index is 9.87. The third-order valence-corrected chi connectivity index (χ3v) is 5.60. The van der Waals surface area contributed by atoms with E-state index in [9.17, 15) is 5.11 Å². The molecule has 4 atom stereocenters. The number of hydrogen-bond acceptors (Lipinski definition) is 7. The van der Waals surface area contributed by atoms with Crippen molar-refractivity contribution in [3.63, 3.8) is 0 Å². The molecular weight excluding hydrogens is 420 g/mol. The molecule has 2 aliphatic heterocycles. The van der Waals surface area contributed by atoms with Crippen molar-refractivity contribution in [2.45, 2.75) is 30.8 Å². The number of nitrogens with two attached hydrogens (primary N) is 1. The van der Waals surface area contributed by atoms with Crippen LogP contribution in [0.2, 0.25) is 5.02 Å². The minimum atomic E-state index is -0.629. The Morgan fingerprint density at radius 1 is 1.19 bits per heavy atom. The summed E-state index contributed by atoms with van der Waals surface area (Å²) in [7, 11) is 0. The van der Waals surface area contributed by atoms with E-state index in [1.807, 2.05) is 24.3 Å². The predicted molar refractivity (Wildman–Crippen MR) is 115 cm³/mol. The highest BCUT2D eigenvalue weighted by atomic mass is 35.5. The average Bonchev–Trinajstić information content (AvgIpc) is 3.45. The fourth-order valence-corrected chi connectivity index (χ4v) is 4.05. The van der Waals surface area contributed by atoms with Crippen LogP contribution in [0.5, 0.6) is 6.01 Å². The van der Waals surface area contributed by atoms with Gasteiger partial charge in [-0.2, -0.15) is 4.98 Å². The summed E-state index contributed by atoms with van der Waals surface area (Å²) < 4.78 is 17.1. The number of benzene rings is 1. The first-order valence-electron chi connectivity index (χ1n) is 10.1. The van der Waals surface area contributed by atoms with Crippen LogP contribution in [0, 0.1) is 11.8 Å². The summed E-state index contributed by atoms with van der Waals surface area (Å²) >= 11 is 6.49. The van der Waals surface area contributed by atoms with Crippen molar-refractivity contribution in [3.8, 4) is 29.1 Å². The second-order valence-corrected chi connectivity index (χ2v) is 7.88. The topological polar surface area (TPSA) is 116 Å². The first-order valence-corrected chi connectivity index (χ1v) is 10.4. The number of aromatic amines is 1. The Balaban J connectivity index is 1.37. The maximum Gasteiger partial charge on any atom is 0.296 e. The molecule has 4 heterocycles. The summed E-state index contributed by atoms with van der Waals surface area (Å²) in [5.74, 6) is 6.09. The van der Waals surface area contributed by atoms with Crippen LogP contribution in [0.25, 0.3) is 22.4 Å². The molecule has 0 spiro atoms. The molecule has 1 unspecified atom stereocenters. The van der Waals surface area contributed by atoms with Crippen LogP contribution < -0.4 is 10.5 Å². The van der Waals surface area contributed by atoms with Crippen molar-refractivity contribution in [3.05, 3.63) is 40.9 Å². The van der Waals surface area contributed by atoms with E-state index in [1.165, 1.54) is 0 Å². The zero-order valence-electron chi connectivity index (χ0n) is 16.5. The quantitative estimate of drug-likeness (QED) is 0.530. The number of fused-ring (bicyclic) bond motifs is 2. The van der Waals surface area contributed by atoms with Crippen LogP contribution in [-0.2, 0) is 9.47 Å². The Kier molecular flexibility index (Phi) is 5.52. The van der Waals surface area contributed by atoms with Gasteiger partial charge in [-0.25, -0.2) is 4.98 Å². The lowest BCUT2D eigenvalue weighted by atomic mass is 10.1. The number of pyridine rings is 1. The summed E-state index contributed by atoms with van der Waals surface area (Å²) in [5.41, 5.74) is 9.01. The number of hydrogen-bond donors (Lipinski definition) is 3. The van der Waals surface area contributed by atoms with E-state index in [0.717, 1.165) is 11.1 Å². The molecule has 31 heavy (non-hydrogen) atoms. The Hall–Kier alpha value is -2.67. The lowest BCUT2D eigenvalue weighted by Crippen LogP contribution is -2.34. The number of aliphatic hydroxyl groups is 1. The fourth-order valence-electron chi connectivity index (χ4n) is 3.79. The van der Waals surface area contributed by atoms with E-state index in [2.05, 4.69) is 26.8 Å². The van der Waals surface area contributed by atoms with Crippen LogP contribution in [0.3, 0.4) is 0 Å². The number of H-pyrrole nitrogens is 1. The lowest BCUT2D eigenvalue weighted by molar-refractivity contribution is 0.00706. The number of imidazole rings is 1. The molecule has 0 aliphatic carbocycles. The van der Waals surface area contributed by atoms with Gasteiger partial charge in [-0.15, -0.1) is 0 Å². The molecule has 2 aliphatic rings. The van der Waals surface area contributed by atoms with Crippen LogP contribution in [0.15, 0.2) is 30.3 Å². The summed E-state index contributed by atoms with van der Waals surface area (Å²) in [6.45, 7) is 1.11. The predicted octanol–water partition coefficient (Wildman–Crippen LogP) is 1.88. The van der Waals surface area contributed by atoms with Crippen molar-refractivity contribution in [1.82, 2.24) is 15.0 Å². The van der Waals surface area contributed by atoms with E-state index in [0.29, 0.717) is 47.5 Å². The van der Waals surface area contributed by atoms with E-state index in [1.54, 1.807) is 6.07 Å². The highest BCUT2D eigenvalue weighted by Gasteiger charge is 2.48. The second kappa shape index (κ2) is 8.46. The van der Waals surface area contributed by atoms with Crippen LogP contribution >= 0.6 is 11.6 Å². The number of nitrogens with one attached hydrogen (secondary N) is 1. The van der Waals surface area contributed by atoms with Crippen molar-refractivity contribution in [2.24, 2.45) is 5.73 Å². The minimum Gasteiger partial charge on any atom is -0.456 e. The number of ether oxygens (including phenoxy) is 3. The SMILES string of the molecule is NCCC#Cc1ccc(-c2nc3nc(O[C@@H]4CO[C@H]5C4OC[C@H]5O)[nH]c3cc2Cl)cc1. The molecule has 0 bridgehead atoms. The number of halogens is 1. The summed E-state index contributed by atoms with van der Waals surface area (Å²) in [4.78, 5) is 12.2. The molecule has 3 aromatic rings. The standard InChI is InChI=1S/C22H21ClN4O4/c23-14-9-15-21(26-18(14)13-6-4-12(5-7-13)3-1-2-8-24)27-22(25-15)31-17-11-30-19-16(28)10-29-20(17)19/h4-7,9,16-17,19-20,28H,2,8,10-11,24H2,(H,25,26,27)/t16-,17-,19-,20?/m1/s1. The first kappa shape index (κ1) is 20.2. The molecule has 2 fully saturated rings. The van der Waals surface area contributed by atoms with E-state index in [4.69, 9.17) is 31.5 Å². The third-order valence-electron chi connectivity index (χ3n) is 5.31. The van der Waals surface area contributed by atoms with Gasteiger partial charge in [0.25, 0.3) is 6.01 Å². The average molecular weight is 441 g/mol. The lowest BCUT2D eigenvalue weighted by Gasteiger charge is -2.15. The van der Waals surface area contributed by atoms with Crippen molar-refractivity contribution >= 4 is 22.8 Å². The van der Waals surface area contributed by atoms with Gasteiger partial charge in [-0.05, 0) is 18.2 Å². The zero-order valence-corrected chi connectivity index (χ0v) is 17.3. The molecule has 2 saturated heterocycles. The fraction of sp³-hybridized carbons (Fsp3) is 0.364. The zero-order chi connectivity index (χ0) is 21.4. The van der Waals surface area contributed by atoms with Gasteiger partial charge < -0.3 is 30.0 Å². The monoisotopic (exact) mass is 440 g/mol. The molecule has 0 radical (unpaired) electrons. The van der Waals surface area contributed by atoms with Gasteiger partial charge in [-0.1, -0.05) is 35.6 Å². The number of nitrogens with zero attached hydrogens (tertiary/aromatic N) is 2. The molecule has 8 nitrogen and oxygen atoms in total. The Bertz CT molecular complexity index is 1150. The number of rotatable bonds is 4. The van der Waals surface area contributed by atoms with Gasteiger partial charge in [-0.3, -0.25) is 0 Å². The van der Waals surface area contributed by atoms with Crippen LogP contribution in [0.4, 0.5) is 0 Å². The van der Waals surface area contributed by atoms with Gasteiger partial charge in [0, 0.05) is 24.1 Å². The van der Waals surface area contributed by atoms with Gasteiger partial charge in [0.05, 0.1) is 29.4 Å². The Morgan fingerprint density at radius 3 is 2.81 bits per heavy atom. The van der Waals surface area contributed by atoms with Crippen molar-refractivity contribution in [1.29, 1.82) is 0 Å². The minimum absolute atomic E-state index is 0.243. The molecule has 9 heteroatoms. The molecule has 5 rings (SSSR count). The Morgan fingerprint density at radius 2 is 2.00 bits per heavy atom. The normalized spacial score (nSPS) is 24.7. The largest absolute Gasteiger partial charge is 0.456 e. The van der Waals surface area contributed by atoms with Crippen molar-refractivity contribution in [2.75, 3.05) is 19.8 Å². The summed E-state index contributed by atoms with van der Waals surface area (Å²) in [6.07, 6.45) is -1.00. The molecule has 2 aromatic heterocycles. The molecule has 0 amide bonds. The summed E-state index contributed by atoms with van der Waals surface area (Å²) in [6, 6.07) is 9.78. The van der Waals surface area contributed by atoms with E-state index in [-0.39, 0.29) is 24.9 Å². The molecular formula is C22H21ClN4O4. The molecule has 0 saturated carbocycles. The third kappa shape index (κ3) is 3.99. The first-order chi connectivity index (χ1) is 15.1. The van der Waals surface area contributed by atoms with Crippen LogP contribution in [-0.4, -0.2) is 64.2 Å². The van der Waals surface area contributed by atoms with Crippen LogP contribution in [0.1, 0.15) is 12.0 Å². The molecule has 4 N–H and O–H groups in total. The van der Waals surface area contributed by atoms with Gasteiger partial charge >= 0.3 is 0 Å². The number of aliphatic hydroxyl groups excluding tert-OH is 1. The second-order valence-electron chi connectivity index (χ2n) is 7.47. The highest BCUT2D eigenvalue weighted by molar-refractivity contribution is 6.33.